The average molecular weight is 157 g/mol. The molecule has 2 heteroatoms. The van der Waals surface area contributed by atoms with Gasteiger partial charge in [-0.25, -0.2) is 0 Å². The summed E-state index contributed by atoms with van der Waals surface area (Å²) in [6.45, 7) is 4.37. The fraction of sp³-hybridized carbons (Fsp3) is 0.750. The van der Waals surface area contributed by atoms with Crippen molar-refractivity contribution >= 4 is 13.3 Å². The van der Waals surface area contributed by atoms with E-state index in [1.165, 1.54) is 25.2 Å². The molecule has 0 heterocycles. The molecule has 1 unspecified atom stereocenters. The Morgan fingerprint density at radius 1 is 1.50 bits per heavy atom. The summed E-state index contributed by atoms with van der Waals surface area (Å²) < 4.78 is 0. The Morgan fingerprint density at radius 2 is 2.20 bits per heavy atom. The Bertz CT molecular complexity index is 144. The van der Waals surface area contributed by atoms with Crippen LogP contribution >= 0.6 is 7.55 Å². The van der Waals surface area contributed by atoms with Crippen LogP contribution in [-0.2, 0) is 0 Å². The van der Waals surface area contributed by atoms with Gasteiger partial charge in [-0.1, -0.05) is 20.3 Å². The molecule has 1 nitrogen and oxygen atoms in total. The summed E-state index contributed by atoms with van der Waals surface area (Å²) in [6.07, 6.45) is 5.04. The first kappa shape index (κ1) is 9.79. The molecule has 58 valence electrons. The molecule has 0 aromatic rings. The molecular formula is C8H16NP. The minimum atomic E-state index is -0.384. The van der Waals surface area contributed by atoms with Crippen molar-refractivity contribution in [3.63, 3.8) is 0 Å². The molecule has 0 radical (unpaired) electrons. The molecule has 0 aliphatic heterocycles. The van der Waals surface area contributed by atoms with Crippen LogP contribution in [0.4, 0.5) is 0 Å². The molecular weight excluding hydrogens is 141 g/mol. The predicted octanol–water partition coefficient (Wildman–Crippen LogP) is 2.35. The molecule has 0 saturated carbocycles. The highest BCUT2D eigenvalue weighted by atomic mass is 31.1. The first-order valence-corrected chi connectivity index (χ1v) is 5.91. The topological polar surface area (TPSA) is 23.8 Å². The van der Waals surface area contributed by atoms with Gasteiger partial charge in [-0.05, 0) is 18.7 Å². The Balaban J connectivity index is 3.63. The molecule has 0 aromatic heterocycles. The average Bonchev–Trinajstić information content (AvgIpc) is 1.98. The molecule has 0 aromatic carbocycles. The van der Waals surface area contributed by atoms with Crippen LogP contribution in [0.3, 0.4) is 0 Å². The second kappa shape index (κ2) is 6.90. The number of hydrogen-bond donors (Lipinski definition) is 0. The van der Waals surface area contributed by atoms with Gasteiger partial charge in [-0.2, -0.15) is 5.26 Å². The minimum absolute atomic E-state index is 0.384. The summed E-state index contributed by atoms with van der Waals surface area (Å²) in [5.74, 6) is 1.86. The van der Waals surface area contributed by atoms with Gasteiger partial charge in [0.1, 0.15) is 0 Å². The third kappa shape index (κ3) is 4.65. The number of nitrogens with zero attached hydrogens (tertiary/aromatic N) is 1. The number of unbranched alkanes of at least 4 members (excludes halogenated alkanes) is 1. The lowest BCUT2D eigenvalue weighted by atomic mass is 10.4. The van der Waals surface area contributed by atoms with E-state index < -0.39 is 0 Å². The molecule has 0 bridgehead atoms. The van der Waals surface area contributed by atoms with Crippen LogP contribution in [0.1, 0.15) is 26.7 Å². The van der Waals surface area contributed by atoms with E-state index in [1.807, 2.05) is 5.80 Å². The molecule has 0 saturated heterocycles. The first-order valence-electron chi connectivity index (χ1n) is 3.92. The monoisotopic (exact) mass is 157 g/mol. The summed E-state index contributed by atoms with van der Waals surface area (Å²) in [4.78, 5) is 0. The van der Waals surface area contributed by atoms with Crippen LogP contribution < -0.4 is 0 Å². The summed E-state index contributed by atoms with van der Waals surface area (Å²) in [7, 11) is -0.384. The molecule has 0 amide bonds. The van der Waals surface area contributed by atoms with E-state index in [4.69, 9.17) is 5.26 Å². The number of rotatable bonds is 4. The zero-order valence-electron chi connectivity index (χ0n) is 6.85. The van der Waals surface area contributed by atoms with E-state index in [0.717, 1.165) is 0 Å². The van der Waals surface area contributed by atoms with Gasteiger partial charge in [0.05, 0.1) is 6.07 Å². The quantitative estimate of drug-likeness (QED) is 0.574. The highest BCUT2D eigenvalue weighted by molar-refractivity contribution is 7.57. The third-order valence-electron chi connectivity index (χ3n) is 1.57. The Morgan fingerprint density at radius 3 is 2.60 bits per heavy atom. The van der Waals surface area contributed by atoms with Gasteiger partial charge in [0, 0.05) is 5.80 Å². The van der Waals surface area contributed by atoms with Crippen molar-refractivity contribution in [1.82, 2.24) is 0 Å². The van der Waals surface area contributed by atoms with Crippen molar-refractivity contribution in [1.29, 1.82) is 5.26 Å². The molecule has 0 spiro atoms. The summed E-state index contributed by atoms with van der Waals surface area (Å²) in [5, 5.41) is 8.39. The van der Waals surface area contributed by atoms with Gasteiger partial charge >= 0.3 is 0 Å². The standard InChI is InChI=1S/C8H16NP/c1-3-5-7-10(4-2)8-6-9/h8,10H,3-5,7H2,1-2H3. The largest absolute Gasteiger partial charge is 0.193 e. The Kier molecular flexibility index (Phi) is 6.76. The zero-order valence-corrected chi connectivity index (χ0v) is 7.85. The summed E-state index contributed by atoms with van der Waals surface area (Å²) >= 11 is 0. The maximum Gasteiger partial charge on any atom is 0.0910 e. The number of nitriles is 1. The summed E-state index contributed by atoms with van der Waals surface area (Å²) in [6, 6.07) is 2.15. The molecule has 0 N–H and O–H groups in total. The van der Waals surface area contributed by atoms with E-state index in [1.54, 1.807) is 0 Å². The van der Waals surface area contributed by atoms with Gasteiger partial charge in [-0.15, -0.1) is 7.55 Å². The normalized spacial score (nSPS) is 12.9. The van der Waals surface area contributed by atoms with Crippen molar-refractivity contribution in [3.8, 4) is 6.07 Å². The Hall–Kier alpha value is -0.210. The molecule has 0 aliphatic carbocycles. The van der Waals surface area contributed by atoms with E-state index in [2.05, 4.69) is 19.9 Å². The second-order valence-electron chi connectivity index (χ2n) is 2.39. The van der Waals surface area contributed by atoms with Crippen molar-refractivity contribution < 1.29 is 0 Å². The third-order valence-corrected chi connectivity index (χ3v) is 4.02. The SMILES string of the molecule is CCCC[PH](=CC#N)CC. The highest BCUT2D eigenvalue weighted by Gasteiger charge is 1.89. The van der Waals surface area contributed by atoms with Gasteiger partial charge in [0.2, 0.25) is 0 Å². The Labute approximate surface area is 64.4 Å². The second-order valence-corrected chi connectivity index (χ2v) is 5.20. The van der Waals surface area contributed by atoms with Crippen molar-refractivity contribution in [2.75, 3.05) is 12.3 Å². The van der Waals surface area contributed by atoms with Crippen molar-refractivity contribution in [2.24, 2.45) is 0 Å². The fourth-order valence-electron chi connectivity index (χ4n) is 0.846. The van der Waals surface area contributed by atoms with Gasteiger partial charge < -0.3 is 0 Å². The lowest BCUT2D eigenvalue weighted by Gasteiger charge is -2.00. The predicted molar refractivity (Wildman–Crippen MR) is 50.3 cm³/mol. The summed E-state index contributed by atoms with van der Waals surface area (Å²) in [5.41, 5.74) is 0. The molecule has 0 rings (SSSR count). The molecule has 0 fully saturated rings. The van der Waals surface area contributed by atoms with Crippen molar-refractivity contribution in [2.45, 2.75) is 26.7 Å². The molecule has 10 heavy (non-hydrogen) atoms. The van der Waals surface area contributed by atoms with Gasteiger partial charge in [-0.3, -0.25) is 0 Å². The van der Waals surface area contributed by atoms with Crippen LogP contribution in [0.15, 0.2) is 0 Å². The minimum Gasteiger partial charge on any atom is -0.193 e. The van der Waals surface area contributed by atoms with Crippen LogP contribution in [0.5, 0.6) is 0 Å². The van der Waals surface area contributed by atoms with Gasteiger partial charge in [0.15, 0.2) is 0 Å². The number of hydrogen-bond acceptors (Lipinski definition) is 1. The lowest BCUT2D eigenvalue weighted by Crippen LogP contribution is -1.81. The van der Waals surface area contributed by atoms with Crippen LogP contribution in [0.25, 0.3) is 0 Å². The van der Waals surface area contributed by atoms with Crippen LogP contribution in [-0.4, -0.2) is 18.1 Å². The van der Waals surface area contributed by atoms with E-state index in [-0.39, 0.29) is 7.55 Å². The molecule has 0 aliphatic rings. The van der Waals surface area contributed by atoms with Crippen molar-refractivity contribution in [3.05, 3.63) is 0 Å². The molecule has 1 atom stereocenters. The zero-order chi connectivity index (χ0) is 7.82. The van der Waals surface area contributed by atoms with Gasteiger partial charge in [0.25, 0.3) is 0 Å². The van der Waals surface area contributed by atoms with Crippen LogP contribution in [0, 0.1) is 11.3 Å². The van der Waals surface area contributed by atoms with Crippen LogP contribution in [0.2, 0.25) is 0 Å². The van der Waals surface area contributed by atoms with E-state index in [9.17, 15) is 0 Å². The maximum absolute atomic E-state index is 8.39. The lowest BCUT2D eigenvalue weighted by molar-refractivity contribution is 0.893. The highest BCUT2D eigenvalue weighted by Crippen LogP contribution is 2.21. The van der Waals surface area contributed by atoms with E-state index in [0.29, 0.717) is 0 Å². The maximum atomic E-state index is 8.39. The first-order chi connectivity index (χ1) is 4.85. The smallest absolute Gasteiger partial charge is 0.0910 e. The van der Waals surface area contributed by atoms with E-state index >= 15 is 0 Å². The fourth-order valence-corrected chi connectivity index (χ4v) is 2.54.